The molecule has 0 saturated carbocycles. The molecule has 96 heavy (non-hydrogen) atoms. The third-order valence-electron chi connectivity index (χ3n) is 17.5. The van der Waals surface area contributed by atoms with E-state index in [9.17, 15) is 43.1 Å². The number of benzene rings is 5. The Morgan fingerprint density at radius 3 is 1.74 bits per heavy atom. The SMILES string of the molecule is COc1ccc(C(=O)NCCCCN2CCN(Cc3ccc(-c4cc5c(-c6cc(F)cc(NC(=O)c7ccc(C(C)(C)O)cc7F)c6C)ncnc5[nH]4)cc3)CC2)cc1N1CCC(=O)NC1=O.COc1ccc(C(=O)NCCCCN2CCNCC2)cc1N1CCC(=O)NC1=O. The van der Waals surface area contributed by atoms with Crippen LogP contribution in [0.1, 0.15) is 100 Å². The molecule has 0 radical (unpaired) electrons. The molecule has 0 atom stereocenters. The van der Waals surface area contributed by atoms with Crippen LogP contribution in [0.2, 0.25) is 0 Å². The Morgan fingerprint density at radius 1 is 0.635 bits per heavy atom. The first-order valence-electron chi connectivity index (χ1n) is 32.3. The number of carbonyl (C=O) groups is 7. The molecule has 7 aromatic rings. The molecule has 4 aliphatic heterocycles. The zero-order chi connectivity index (χ0) is 68.0. The molecule has 506 valence electrons. The van der Waals surface area contributed by atoms with Crippen molar-refractivity contribution in [3.05, 3.63) is 148 Å². The molecule has 26 heteroatoms. The molecule has 0 aliphatic carbocycles. The van der Waals surface area contributed by atoms with Crippen molar-refractivity contribution in [3.63, 3.8) is 0 Å². The van der Waals surface area contributed by atoms with Gasteiger partial charge in [-0.25, -0.2) is 28.3 Å². The summed E-state index contributed by atoms with van der Waals surface area (Å²) in [5, 5.41) is 27.4. The molecular weight excluding hydrogens is 1230 g/mol. The second-order valence-electron chi connectivity index (χ2n) is 24.6. The first-order valence-corrected chi connectivity index (χ1v) is 32.3. The van der Waals surface area contributed by atoms with E-state index in [4.69, 9.17) is 9.47 Å². The molecule has 2 aromatic heterocycles. The fourth-order valence-corrected chi connectivity index (χ4v) is 12.0. The van der Waals surface area contributed by atoms with Crippen molar-refractivity contribution >= 4 is 69.7 Å². The molecule has 0 unspecified atom stereocenters. The highest BCUT2D eigenvalue weighted by Crippen LogP contribution is 2.37. The van der Waals surface area contributed by atoms with Gasteiger partial charge in [-0.2, -0.15) is 0 Å². The lowest BCUT2D eigenvalue weighted by molar-refractivity contribution is -0.121. The van der Waals surface area contributed by atoms with E-state index in [1.807, 2.05) is 6.07 Å². The summed E-state index contributed by atoms with van der Waals surface area (Å²) >= 11 is 0. The van der Waals surface area contributed by atoms with Gasteiger partial charge >= 0.3 is 12.1 Å². The second kappa shape index (κ2) is 31.7. The largest absolute Gasteiger partial charge is 0.495 e. The molecule has 5 aromatic carbocycles. The summed E-state index contributed by atoms with van der Waals surface area (Å²) in [6.07, 6.45) is 5.47. The van der Waals surface area contributed by atoms with Gasteiger partial charge in [0.2, 0.25) is 11.8 Å². The summed E-state index contributed by atoms with van der Waals surface area (Å²) in [6, 6.07) is 25.5. The summed E-state index contributed by atoms with van der Waals surface area (Å²) in [7, 11) is 2.99. The number of aromatic nitrogens is 3. The van der Waals surface area contributed by atoms with Gasteiger partial charge in [0.25, 0.3) is 17.7 Å². The second-order valence-corrected chi connectivity index (χ2v) is 24.6. The van der Waals surface area contributed by atoms with Crippen molar-refractivity contribution in [1.82, 2.24) is 56.2 Å². The van der Waals surface area contributed by atoms with Crippen LogP contribution in [0.15, 0.2) is 103 Å². The number of hydrogen-bond donors (Lipinski definition) is 8. The van der Waals surface area contributed by atoms with E-state index < -0.39 is 35.2 Å². The number of hydrogen-bond acceptors (Lipinski definition) is 16. The normalized spacial score (nSPS) is 15.8. The number of urea groups is 2. The topological polar surface area (TPSA) is 288 Å². The van der Waals surface area contributed by atoms with Gasteiger partial charge in [0.05, 0.1) is 42.5 Å². The van der Waals surface area contributed by atoms with Crippen molar-refractivity contribution in [3.8, 4) is 34.0 Å². The van der Waals surface area contributed by atoms with E-state index in [1.165, 1.54) is 74.0 Å². The molecule has 4 saturated heterocycles. The van der Waals surface area contributed by atoms with E-state index in [1.54, 1.807) is 43.3 Å². The predicted octanol–water partition coefficient (Wildman–Crippen LogP) is 7.70. The standard InChI is InChI=1S/C50H53F2N9O6.C20H29N5O4/c1-30-37(25-35(51)26-40(30)57-48(64)36-13-12-34(24-39(36)52)50(2,3)66)45-38-27-41(56-46(38)55-29-54-45)32-9-7-31(8-10-32)28-60-21-19-59(20-22-60)17-6-5-16-53-47(63)33-11-14-43(67-4)42(23-33)61-18-15-44(62)58-49(61)65;1-29-17-5-4-15(14-16(17)25-11-6-18(26)23-20(25)28)19(27)22-7-2-3-10-24-12-8-21-9-13-24/h7-14,23-27,29,66H,5-6,15-22,28H2,1-4H3,(H,53,63)(H,57,64)(H,54,55,56)(H,58,62,65);4-5,14,21H,2-3,6-13H2,1H3,(H,22,27)(H,23,26,28). The molecule has 0 spiro atoms. The molecule has 8 N–H and O–H groups in total. The highest BCUT2D eigenvalue weighted by molar-refractivity contribution is 6.09. The number of fused-ring (bicyclic) bond motifs is 1. The van der Waals surface area contributed by atoms with Crippen LogP contribution in [-0.4, -0.2) is 182 Å². The Kier molecular flexibility index (Phi) is 22.8. The van der Waals surface area contributed by atoms with Crippen LogP contribution in [0.25, 0.3) is 33.5 Å². The van der Waals surface area contributed by atoms with Crippen molar-refractivity contribution in [2.75, 3.05) is 121 Å². The number of nitrogens with one attached hydrogen (secondary N) is 7. The first kappa shape index (κ1) is 69.1. The monoisotopic (exact) mass is 1320 g/mol. The number of piperazine rings is 2. The Balaban J connectivity index is 0.000000288. The summed E-state index contributed by atoms with van der Waals surface area (Å²) in [4.78, 5) is 109. The van der Waals surface area contributed by atoms with Gasteiger partial charge in [0.1, 0.15) is 35.1 Å². The molecule has 11 rings (SSSR count). The van der Waals surface area contributed by atoms with Gasteiger partial charge in [-0.3, -0.25) is 49.3 Å². The third-order valence-corrected chi connectivity index (χ3v) is 17.5. The fraction of sp³-hybridized carbons (Fsp3) is 0.386. The van der Waals surface area contributed by atoms with Crippen molar-refractivity contribution in [1.29, 1.82) is 0 Å². The predicted molar refractivity (Wildman–Crippen MR) is 360 cm³/mol. The van der Waals surface area contributed by atoms with Crippen LogP contribution in [0.4, 0.5) is 35.4 Å². The summed E-state index contributed by atoms with van der Waals surface area (Å²) in [5.41, 5.74) is 5.65. The maximum Gasteiger partial charge on any atom is 0.328 e. The Bertz CT molecular complexity index is 4000. The van der Waals surface area contributed by atoms with Crippen molar-refractivity contribution in [2.24, 2.45) is 0 Å². The summed E-state index contributed by atoms with van der Waals surface area (Å²) < 4.78 is 40.9. The van der Waals surface area contributed by atoms with E-state index in [0.717, 1.165) is 115 Å². The van der Waals surface area contributed by atoms with Crippen molar-refractivity contribution in [2.45, 2.75) is 71.4 Å². The lowest BCUT2D eigenvalue weighted by Gasteiger charge is -2.34. The molecule has 6 heterocycles. The van der Waals surface area contributed by atoms with Gasteiger partial charge < -0.3 is 50.6 Å². The number of ether oxygens (including phenoxy) is 2. The van der Waals surface area contributed by atoms with E-state index in [0.29, 0.717) is 80.5 Å². The zero-order valence-electron chi connectivity index (χ0n) is 54.7. The van der Waals surface area contributed by atoms with Crippen LogP contribution >= 0.6 is 0 Å². The van der Waals surface area contributed by atoms with Crippen LogP contribution in [0.5, 0.6) is 11.5 Å². The Labute approximate surface area is 555 Å². The minimum absolute atomic E-state index is 0.164. The summed E-state index contributed by atoms with van der Waals surface area (Å²) in [6.45, 7) is 17.1. The highest BCUT2D eigenvalue weighted by atomic mass is 19.1. The number of imide groups is 2. The van der Waals surface area contributed by atoms with Gasteiger partial charge in [-0.1, -0.05) is 30.3 Å². The molecular formula is C70H82F2N14O10. The quantitative estimate of drug-likeness (QED) is 0.0285. The number of unbranched alkanes of at least 4 members (excludes halogenated alkanes) is 2. The van der Waals surface area contributed by atoms with E-state index in [2.05, 4.69) is 85.8 Å². The molecule has 24 nitrogen and oxygen atoms in total. The maximum atomic E-state index is 15.2. The van der Waals surface area contributed by atoms with Crippen LogP contribution < -0.4 is 51.2 Å². The third kappa shape index (κ3) is 17.4. The molecule has 4 fully saturated rings. The number of H-pyrrole nitrogens is 1. The van der Waals surface area contributed by atoms with Gasteiger partial charge in [0.15, 0.2) is 0 Å². The van der Waals surface area contributed by atoms with Gasteiger partial charge in [-0.05, 0) is 149 Å². The number of rotatable bonds is 23. The maximum absolute atomic E-state index is 15.2. The van der Waals surface area contributed by atoms with Crippen LogP contribution in [-0.2, 0) is 21.7 Å². The summed E-state index contributed by atoms with van der Waals surface area (Å²) in [5.74, 6) is -2.34. The van der Waals surface area contributed by atoms with Crippen LogP contribution in [0.3, 0.4) is 0 Å². The number of methoxy groups -OCH3 is 2. The fourth-order valence-electron chi connectivity index (χ4n) is 12.0. The van der Waals surface area contributed by atoms with Crippen LogP contribution in [0, 0.1) is 18.6 Å². The van der Waals surface area contributed by atoms with E-state index >= 15 is 4.39 Å². The lowest BCUT2D eigenvalue weighted by Crippen LogP contribution is -2.49. The van der Waals surface area contributed by atoms with Crippen molar-refractivity contribution < 1.29 is 56.9 Å². The average molecular weight is 1320 g/mol. The van der Waals surface area contributed by atoms with Gasteiger partial charge in [0, 0.05) is 131 Å². The minimum Gasteiger partial charge on any atom is -0.495 e. The smallest absolute Gasteiger partial charge is 0.328 e. The van der Waals surface area contributed by atoms with Gasteiger partial charge in [-0.15, -0.1) is 0 Å². The number of halogens is 2. The van der Waals surface area contributed by atoms with E-state index in [-0.39, 0.29) is 60.8 Å². The number of carbonyl (C=O) groups excluding carboxylic acids is 7. The molecule has 0 bridgehead atoms. The number of aliphatic hydroxyl groups is 1. The number of aromatic amines is 1. The Morgan fingerprint density at radius 2 is 1.20 bits per heavy atom. The minimum atomic E-state index is -1.29. The Hall–Kier alpha value is -9.73. The number of nitrogens with zero attached hydrogens (tertiary/aromatic N) is 7. The number of amides is 9. The first-order chi connectivity index (χ1) is 46.2. The zero-order valence-corrected chi connectivity index (χ0v) is 54.7. The highest BCUT2D eigenvalue weighted by Gasteiger charge is 2.30. The lowest BCUT2D eigenvalue weighted by atomic mass is 9.96. The molecule has 9 amide bonds. The number of anilines is 3. The average Bonchev–Trinajstić information content (AvgIpc) is 1.48. The molecule has 4 aliphatic rings.